The van der Waals surface area contributed by atoms with Gasteiger partial charge in [-0.05, 0) is 57.9 Å². The van der Waals surface area contributed by atoms with E-state index in [-0.39, 0.29) is 0 Å². The number of rotatable bonds is 6. The summed E-state index contributed by atoms with van der Waals surface area (Å²) >= 11 is 0. The molecule has 0 aliphatic carbocycles. The highest BCUT2D eigenvalue weighted by Gasteiger charge is 2.01. The van der Waals surface area contributed by atoms with Crippen molar-refractivity contribution in [1.82, 2.24) is 15.1 Å². The average molecular weight is 271 g/mol. The maximum absolute atomic E-state index is 4.48. The van der Waals surface area contributed by atoms with Gasteiger partial charge in [-0.15, -0.1) is 0 Å². The number of nitrogens with zero attached hydrogens (tertiary/aromatic N) is 2. The summed E-state index contributed by atoms with van der Waals surface area (Å²) in [5.41, 5.74) is 6.44. The molecule has 3 nitrogen and oxygen atoms in total. The normalized spacial score (nSPS) is 11.0. The van der Waals surface area contributed by atoms with Gasteiger partial charge in [0.1, 0.15) is 0 Å². The van der Waals surface area contributed by atoms with Crippen LogP contribution < -0.4 is 5.32 Å². The summed E-state index contributed by atoms with van der Waals surface area (Å²) in [5, 5.41) is 8.01. The minimum atomic E-state index is 0.949. The Labute approximate surface area is 122 Å². The molecule has 0 radical (unpaired) electrons. The molecule has 0 unspecified atom stereocenters. The fourth-order valence-corrected chi connectivity index (χ4v) is 2.47. The van der Waals surface area contributed by atoms with Crippen LogP contribution in [0.1, 0.15) is 34.5 Å². The molecule has 3 heteroatoms. The Morgan fingerprint density at radius 2 is 1.90 bits per heavy atom. The molecule has 108 valence electrons. The van der Waals surface area contributed by atoms with E-state index >= 15 is 0 Å². The van der Waals surface area contributed by atoms with Gasteiger partial charge in [0.15, 0.2) is 0 Å². The number of hydrogen-bond donors (Lipinski definition) is 1. The Morgan fingerprint density at radius 3 is 2.60 bits per heavy atom. The van der Waals surface area contributed by atoms with Crippen molar-refractivity contribution in [3.63, 3.8) is 0 Å². The van der Waals surface area contributed by atoms with Crippen LogP contribution in [0, 0.1) is 27.7 Å². The minimum absolute atomic E-state index is 0.949. The molecule has 0 saturated heterocycles. The van der Waals surface area contributed by atoms with E-state index in [4.69, 9.17) is 0 Å². The zero-order valence-corrected chi connectivity index (χ0v) is 13.0. The third kappa shape index (κ3) is 3.94. The van der Waals surface area contributed by atoms with Crippen LogP contribution in [0.4, 0.5) is 0 Å². The quantitative estimate of drug-likeness (QED) is 0.817. The van der Waals surface area contributed by atoms with Gasteiger partial charge in [-0.3, -0.25) is 4.68 Å². The Balaban J connectivity index is 1.74. The topological polar surface area (TPSA) is 29.9 Å². The molecular weight excluding hydrogens is 246 g/mol. The Morgan fingerprint density at radius 1 is 1.10 bits per heavy atom. The summed E-state index contributed by atoms with van der Waals surface area (Å²) in [6, 6.07) is 8.76. The van der Waals surface area contributed by atoms with Crippen LogP contribution in [-0.2, 0) is 13.1 Å². The first-order valence-corrected chi connectivity index (χ1v) is 7.34. The van der Waals surface area contributed by atoms with E-state index < -0.39 is 0 Å². The highest BCUT2D eigenvalue weighted by molar-refractivity contribution is 5.30. The van der Waals surface area contributed by atoms with Crippen LogP contribution in [0.3, 0.4) is 0 Å². The summed E-state index contributed by atoms with van der Waals surface area (Å²) in [6.07, 6.45) is 1.10. The zero-order chi connectivity index (χ0) is 14.5. The number of hydrogen-bond acceptors (Lipinski definition) is 2. The molecule has 0 fully saturated rings. The predicted molar refractivity (Wildman–Crippen MR) is 83.9 cm³/mol. The van der Waals surface area contributed by atoms with Gasteiger partial charge in [0.2, 0.25) is 0 Å². The highest BCUT2D eigenvalue weighted by Crippen LogP contribution is 2.10. The maximum atomic E-state index is 4.48. The van der Waals surface area contributed by atoms with Gasteiger partial charge in [0.25, 0.3) is 0 Å². The van der Waals surface area contributed by atoms with Gasteiger partial charge in [-0.2, -0.15) is 5.10 Å². The second kappa shape index (κ2) is 6.71. The molecule has 1 N–H and O–H groups in total. The standard InChI is InChI=1S/C17H25N3/c1-13-6-7-14(2)17(10-13)12-18-8-5-9-20-16(4)11-15(3)19-20/h6-7,10-11,18H,5,8-9,12H2,1-4H3. The van der Waals surface area contributed by atoms with E-state index in [1.54, 1.807) is 0 Å². The summed E-state index contributed by atoms with van der Waals surface area (Å²) in [6.45, 7) is 11.4. The molecule has 0 saturated carbocycles. The van der Waals surface area contributed by atoms with Gasteiger partial charge in [-0.25, -0.2) is 0 Å². The van der Waals surface area contributed by atoms with E-state index in [1.807, 2.05) is 6.92 Å². The lowest BCUT2D eigenvalue weighted by Crippen LogP contribution is -2.17. The van der Waals surface area contributed by atoms with E-state index in [1.165, 1.54) is 22.4 Å². The van der Waals surface area contributed by atoms with Crippen molar-refractivity contribution < 1.29 is 0 Å². The molecule has 0 aliphatic rings. The second-order valence-corrected chi connectivity index (χ2v) is 5.61. The highest BCUT2D eigenvalue weighted by atomic mass is 15.3. The molecule has 2 aromatic rings. The molecule has 1 aromatic carbocycles. The molecule has 0 bridgehead atoms. The SMILES string of the molecule is Cc1ccc(C)c(CNCCCn2nc(C)cc2C)c1. The van der Waals surface area contributed by atoms with Gasteiger partial charge in [0.05, 0.1) is 5.69 Å². The predicted octanol–water partition coefficient (Wildman–Crippen LogP) is 3.30. The first-order valence-electron chi connectivity index (χ1n) is 7.34. The van der Waals surface area contributed by atoms with Crippen LogP contribution in [0.5, 0.6) is 0 Å². The molecule has 0 amide bonds. The van der Waals surface area contributed by atoms with Crippen molar-refractivity contribution in [2.24, 2.45) is 0 Å². The largest absolute Gasteiger partial charge is 0.313 e. The van der Waals surface area contributed by atoms with Crippen LogP contribution >= 0.6 is 0 Å². The lowest BCUT2D eigenvalue weighted by molar-refractivity contribution is 0.531. The Bertz CT molecular complexity index is 570. The summed E-state index contributed by atoms with van der Waals surface area (Å²) in [4.78, 5) is 0. The average Bonchev–Trinajstić information content (AvgIpc) is 2.71. The smallest absolute Gasteiger partial charge is 0.0596 e. The molecule has 0 aliphatic heterocycles. The molecule has 2 rings (SSSR count). The lowest BCUT2D eigenvalue weighted by atomic mass is 10.1. The third-order valence-corrected chi connectivity index (χ3v) is 3.65. The number of aryl methyl sites for hydroxylation is 5. The van der Waals surface area contributed by atoms with E-state index in [0.717, 1.165) is 31.7 Å². The van der Waals surface area contributed by atoms with Gasteiger partial charge >= 0.3 is 0 Å². The molecular formula is C17H25N3. The van der Waals surface area contributed by atoms with Gasteiger partial charge in [-0.1, -0.05) is 23.8 Å². The van der Waals surface area contributed by atoms with Crippen molar-refractivity contribution in [2.45, 2.75) is 47.2 Å². The summed E-state index contributed by atoms with van der Waals surface area (Å²) in [7, 11) is 0. The molecule has 0 atom stereocenters. The van der Waals surface area contributed by atoms with Crippen LogP contribution in [0.15, 0.2) is 24.3 Å². The molecule has 0 spiro atoms. The zero-order valence-electron chi connectivity index (χ0n) is 13.0. The molecule has 1 aromatic heterocycles. The number of nitrogens with one attached hydrogen (secondary N) is 1. The Hall–Kier alpha value is -1.61. The fourth-order valence-electron chi connectivity index (χ4n) is 2.47. The molecule has 1 heterocycles. The fraction of sp³-hybridized carbons (Fsp3) is 0.471. The van der Waals surface area contributed by atoms with Crippen LogP contribution in [-0.4, -0.2) is 16.3 Å². The van der Waals surface area contributed by atoms with Gasteiger partial charge < -0.3 is 5.32 Å². The van der Waals surface area contributed by atoms with Gasteiger partial charge in [0, 0.05) is 18.8 Å². The van der Waals surface area contributed by atoms with E-state index in [9.17, 15) is 0 Å². The Kier molecular flexibility index (Phi) is 4.96. The van der Waals surface area contributed by atoms with Crippen molar-refractivity contribution in [3.8, 4) is 0 Å². The van der Waals surface area contributed by atoms with Crippen molar-refractivity contribution in [3.05, 3.63) is 52.3 Å². The minimum Gasteiger partial charge on any atom is -0.313 e. The first-order chi connectivity index (χ1) is 9.56. The van der Waals surface area contributed by atoms with Crippen molar-refractivity contribution >= 4 is 0 Å². The lowest BCUT2D eigenvalue weighted by Gasteiger charge is -2.09. The third-order valence-electron chi connectivity index (χ3n) is 3.65. The first kappa shape index (κ1) is 14.8. The second-order valence-electron chi connectivity index (χ2n) is 5.61. The van der Waals surface area contributed by atoms with Crippen molar-refractivity contribution in [1.29, 1.82) is 0 Å². The van der Waals surface area contributed by atoms with Crippen molar-refractivity contribution in [2.75, 3.05) is 6.54 Å². The maximum Gasteiger partial charge on any atom is 0.0596 e. The van der Waals surface area contributed by atoms with E-state index in [2.05, 4.69) is 60.1 Å². The van der Waals surface area contributed by atoms with E-state index in [0.29, 0.717) is 0 Å². The number of benzene rings is 1. The van der Waals surface area contributed by atoms with Crippen LogP contribution in [0.2, 0.25) is 0 Å². The monoisotopic (exact) mass is 271 g/mol. The summed E-state index contributed by atoms with van der Waals surface area (Å²) in [5.74, 6) is 0. The molecule has 20 heavy (non-hydrogen) atoms. The van der Waals surface area contributed by atoms with Crippen LogP contribution in [0.25, 0.3) is 0 Å². The number of aromatic nitrogens is 2. The summed E-state index contributed by atoms with van der Waals surface area (Å²) < 4.78 is 2.09.